The fraction of sp³-hybridized carbons (Fsp3) is 0.633. The number of hydrogen-bond donors (Lipinski definition) is 2. The number of ether oxygens (including phenoxy) is 3. The molecule has 0 aliphatic heterocycles. The fourth-order valence-electron chi connectivity index (χ4n) is 7.38. The summed E-state index contributed by atoms with van der Waals surface area (Å²) in [5.41, 5.74) is 2.31. The first kappa shape index (κ1) is 55.5. The fourth-order valence-corrected chi connectivity index (χ4v) is 8.25. The lowest BCUT2D eigenvalue weighted by Gasteiger charge is -2.24. The number of esters is 2. The van der Waals surface area contributed by atoms with Gasteiger partial charge in [-0.15, -0.1) is 0 Å². The highest BCUT2D eigenvalue weighted by molar-refractivity contribution is 7.47. The molecule has 3 rings (SSSR count). The molecule has 364 valence electrons. The maximum Gasteiger partial charge on any atom is 0.472 e. The standard InChI is InChI=1S/C49H75ClN3O11P/c1-7-8-9-10-11-12-13-14-15-16-17-18-19-20-21-23-47(55)61-36-42(37-63-65(58,59)62-33-32-53(3,4)5)64-48(56)24-22-31-51-46(54)35-43-38(2)52(45-30-29-41(60-6)34-44(43)45)49(57)39-25-27-40(50)28-26-39/h25-30,34,42H,7-24,31-33,35-37H2,1-6H3,(H-,51,54,58,59)/p+1/t42-/m1/s1. The van der Waals surface area contributed by atoms with Gasteiger partial charge in [0, 0.05) is 41.1 Å². The number of amides is 1. The summed E-state index contributed by atoms with van der Waals surface area (Å²) >= 11 is 6.05. The molecule has 2 atom stereocenters. The average Bonchev–Trinajstić information content (AvgIpc) is 3.53. The van der Waals surface area contributed by atoms with Gasteiger partial charge in [0.1, 0.15) is 25.5 Å². The van der Waals surface area contributed by atoms with Gasteiger partial charge in [-0.05, 0) is 67.8 Å². The SMILES string of the molecule is CCCCCCCCCCCCCCCCCC(=O)OC[C@H](COP(=O)(O)OCC[N+](C)(C)C)OC(=O)CCCNC(=O)Cc1c(C)n(C(=O)c2ccc(Cl)cc2)c2ccc(OC)cc12. The van der Waals surface area contributed by atoms with Gasteiger partial charge in [0.05, 0.1) is 46.8 Å². The van der Waals surface area contributed by atoms with Gasteiger partial charge in [-0.2, -0.15) is 0 Å². The van der Waals surface area contributed by atoms with Crippen LogP contribution in [-0.4, -0.2) is 105 Å². The van der Waals surface area contributed by atoms with Crippen LogP contribution in [0, 0.1) is 6.92 Å². The number of hydrogen-bond acceptors (Lipinski definition) is 10. The van der Waals surface area contributed by atoms with Crippen molar-refractivity contribution in [2.45, 2.75) is 142 Å². The van der Waals surface area contributed by atoms with Gasteiger partial charge >= 0.3 is 19.8 Å². The number of unbranched alkanes of at least 4 members (excludes halogenated alkanes) is 14. The monoisotopic (exact) mass is 948 g/mol. The Hall–Kier alpha value is -3.78. The van der Waals surface area contributed by atoms with Gasteiger partial charge in [-0.1, -0.05) is 108 Å². The second-order valence-electron chi connectivity index (χ2n) is 17.8. The molecule has 2 N–H and O–H groups in total. The highest BCUT2D eigenvalue weighted by Crippen LogP contribution is 2.43. The largest absolute Gasteiger partial charge is 0.497 e. The number of nitrogens with one attached hydrogen (secondary N) is 1. The minimum Gasteiger partial charge on any atom is -0.497 e. The number of nitrogens with zero attached hydrogens (tertiary/aromatic N) is 2. The Balaban J connectivity index is 1.46. The summed E-state index contributed by atoms with van der Waals surface area (Å²) < 4.78 is 41.4. The lowest BCUT2D eigenvalue weighted by atomic mass is 10.0. The first-order valence-electron chi connectivity index (χ1n) is 23.6. The molecule has 16 heteroatoms. The number of halogens is 1. The van der Waals surface area contributed by atoms with Crippen LogP contribution in [0.2, 0.25) is 5.02 Å². The van der Waals surface area contributed by atoms with Crippen molar-refractivity contribution in [3.8, 4) is 5.75 Å². The van der Waals surface area contributed by atoms with E-state index in [2.05, 4.69) is 12.2 Å². The van der Waals surface area contributed by atoms with E-state index in [1.807, 2.05) is 21.1 Å². The molecule has 0 aliphatic rings. The van der Waals surface area contributed by atoms with E-state index >= 15 is 0 Å². The third kappa shape index (κ3) is 22.0. The van der Waals surface area contributed by atoms with Crippen LogP contribution >= 0.6 is 19.4 Å². The molecule has 0 radical (unpaired) electrons. The number of likely N-dealkylation sites (N-methyl/N-ethyl adjacent to an activating group) is 1. The molecule has 0 bridgehead atoms. The van der Waals surface area contributed by atoms with Gasteiger partial charge in [0.2, 0.25) is 5.91 Å². The highest BCUT2D eigenvalue weighted by Gasteiger charge is 2.27. The van der Waals surface area contributed by atoms with E-state index in [-0.39, 0.29) is 57.3 Å². The summed E-state index contributed by atoms with van der Waals surface area (Å²) in [6, 6.07) is 11.9. The number of phosphoric ester groups is 1. The summed E-state index contributed by atoms with van der Waals surface area (Å²) in [5, 5.41) is 4.04. The van der Waals surface area contributed by atoms with Gasteiger partial charge in [-0.25, -0.2) is 4.57 Å². The minimum absolute atomic E-state index is 0.0386. The quantitative estimate of drug-likeness (QED) is 0.0253. The number of carbonyl (C=O) groups is 4. The van der Waals surface area contributed by atoms with E-state index in [0.717, 1.165) is 19.3 Å². The molecule has 0 saturated carbocycles. The highest BCUT2D eigenvalue weighted by atomic mass is 35.5. The number of methoxy groups -OCH3 is 1. The van der Waals surface area contributed by atoms with Crippen molar-refractivity contribution in [3.63, 3.8) is 0 Å². The Morgan fingerprint density at radius 3 is 1.95 bits per heavy atom. The van der Waals surface area contributed by atoms with Crippen molar-refractivity contribution < 1.29 is 56.4 Å². The number of benzene rings is 2. The van der Waals surface area contributed by atoms with E-state index < -0.39 is 32.5 Å². The summed E-state index contributed by atoms with van der Waals surface area (Å²) in [5.74, 6) is -1.15. The summed E-state index contributed by atoms with van der Waals surface area (Å²) in [4.78, 5) is 62.8. The maximum absolute atomic E-state index is 13.7. The zero-order valence-electron chi connectivity index (χ0n) is 39.8. The van der Waals surface area contributed by atoms with Gasteiger partial charge < -0.3 is 28.9 Å². The molecule has 14 nitrogen and oxygen atoms in total. The van der Waals surface area contributed by atoms with Crippen LogP contribution in [0.1, 0.15) is 144 Å². The van der Waals surface area contributed by atoms with E-state index in [0.29, 0.717) is 55.9 Å². The van der Waals surface area contributed by atoms with Crippen LogP contribution in [-0.2, 0) is 43.9 Å². The van der Waals surface area contributed by atoms with Crippen molar-refractivity contribution >= 4 is 54.1 Å². The molecule has 65 heavy (non-hydrogen) atoms. The van der Waals surface area contributed by atoms with E-state index in [9.17, 15) is 28.6 Å². The number of fused-ring (bicyclic) bond motifs is 1. The van der Waals surface area contributed by atoms with E-state index in [4.69, 9.17) is 34.9 Å². The molecule has 2 aromatic carbocycles. The maximum atomic E-state index is 13.7. The van der Waals surface area contributed by atoms with Crippen molar-refractivity contribution in [2.24, 2.45) is 0 Å². The van der Waals surface area contributed by atoms with Gasteiger partial charge in [0.25, 0.3) is 5.91 Å². The van der Waals surface area contributed by atoms with Crippen molar-refractivity contribution in [2.75, 3.05) is 61.2 Å². The zero-order valence-corrected chi connectivity index (χ0v) is 41.5. The zero-order chi connectivity index (χ0) is 47.7. The molecule has 0 fully saturated rings. The average molecular weight is 950 g/mol. The number of phosphoric acid groups is 1. The number of rotatable bonds is 34. The first-order chi connectivity index (χ1) is 31.0. The van der Waals surface area contributed by atoms with Crippen LogP contribution < -0.4 is 10.1 Å². The predicted molar refractivity (Wildman–Crippen MR) is 255 cm³/mol. The van der Waals surface area contributed by atoms with Crippen LogP contribution in [0.25, 0.3) is 10.9 Å². The Morgan fingerprint density at radius 1 is 0.785 bits per heavy atom. The van der Waals surface area contributed by atoms with Crippen molar-refractivity contribution in [1.82, 2.24) is 9.88 Å². The van der Waals surface area contributed by atoms with Crippen LogP contribution in [0.4, 0.5) is 0 Å². The van der Waals surface area contributed by atoms with Gasteiger partial charge in [0.15, 0.2) is 6.10 Å². The second kappa shape index (κ2) is 29.8. The summed E-state index contributed by atoms with van der Waals surface area (Å²) in [7, 11) is 2.77. The Labute approximate surface area is 392 Å². The molecule has 0 spiro atoms. The molecule has 1 amide bonds. The second-order valence-corrected chi connectivity index (χ2v) is 19.7. The molecule has 1 aromatic heterocycles. The molecule has 0 aliphatic carbocycles. The molecule has 1 heterocycles. The molecular formula is C49H76ClN3O11P+. The minimum atomic E-state index is -4.50. The number of carbonyl (C=O) groups excluding carboxylic acids is 4. The first-order valence-corrected chi connectivity index (χ1v) is 25.4. The van der Waals surface area contributed by atoms with E-state index in [1.165, 1.54) is 70.6 Å². The number of quaternary nitrogens is 1. The Morgan fingerprint density at radius 2 is 1.37 bits per heavy atom. The third-order valence-corrected chi connectivity index (χ3v) is 12.4. The van der Waals surface area contributed by atoms with Crippen LogP contribution in [0.5, 0.6) is 5.75 Å². The van der Waals surface area contributed by atoms with Crippen molar-refractivity contribution in [3.05, 3.63) is 64.3 Å². The third-order valence-electron chi connectivity index (χ3n) is 11.2. The predicted octanol–water partition coefficient (Wildman–Crippen LogP) is 10.3. The Kier molecular flexibility index (Phi) is 25.4. The molecule has 3 aromatic rings. The lowest BCUT2D eigenvalue weighted by molar-refractivity contribution is -0.870. The van der Waals surface area contributed by atoms with Crippen molar-refractivity contribution in [1.29, 1.82) is 0 Å². The van der Waals surface area contributed by atoms with E-state index in [1.54, 1.807) is 61.1 Å². The number of aromatic nitrogens is 1. The van der Waals surface area contributed by atoms with Crippen LogP contribution in [0.15, 0.2) is 42.5 Å². The van der Waals surface area contributed by atoms with Gasteiger partial charge in [-0.3, -0.25) is 32.8 Å². The Bertz CT molecular complexity index is 1960. The molecule has 1 unspecified atom stereocenters. The smallest absolute Gasteiger partial charge is 0.472 e. The summed E-state index contributed by atoms with van der Waals surface area (Å²) in [6.07, 6.45) is 17.3. The summed E-state index contributed by atoms with van der Waals surface area (Å²) in [6.45, 7) is 3.67. The lowest BCUT2D eigenvalue weighted by Crippen LogP contribution is -2.37. The van der Waals surface area contributed by atoms with Crippen LogP contribution in [0.3, 0.4) is 0 Å². The normalized spacial score (nSPS) is 13.0. The topological polar surface area (TPSA) is 169 Å². The molecule has 0 saturated heterocycles. The molecular weight excluding hydrogens is 873 g/mol.